The first-order valence-corrected chi connectivity index (χ1v) is 10.2. The SMILES string of the molecule is CCS(=O)(=O)N1CCc2ccc(NC(=O)OCc3ccccc3)cc2C1. The molecular weight excluding hydrogens is 352 g/mol. The molecule has 1 heterocycles. The maximum Gasteiger partial charge on any atom is 0.411 e. The van der Waals surface area contributed by atoms with Crippen molar-refractivity contribution in [3.8, 4) is 0 Å². The second-order valence-corrected chi connectivity index (χ2v) is 8.41. The molecule has 1 aliphatic heterocycles. The normalized spacial score (nSPS) is 14.5. The number of carbonyl (C=O) groups excluding carboxylic acids is 1. The number of carbonyl (C=O) groups is 1. The van der Waals surface area contributed by atoms with E-state index in [4.69, 9.17) is 4.74 Å². The van der Waals surface area contributed by atoms with Crippen LogP contribution in [0, 0.1) is 0 Å². The molecule has 6 nitrogen and oxygen atoms in total. The van der Waals surface area contributed by atoms with Gasteiger partial charge < -0.3 is 4.74 Å². The molecule has 2 aromatic rings. The van der Waals surface area contributed by atoms with E-state index in [1.54, 1.807) is 6.92 Å². The summed E-state index contributed by atoms with van der Waals surface area (Å²) in [6.45, 7) is 2.67. The van der Waals surface area contributed by atoms with Gasteiger partial charge in [0.25, 0.3) is 0 Å². The highest BCUT2D eigenvalue weighted by Crippen LogP contribution is 2.24. The van der Waals surface area contributed by atoms with Crippen LogP contribution in [0.3, 0.4) is 0 Å². The molecule has 1 amide bonds. The zero-order chi connectivity index (χ0) is 18.6. The first-order valence-electron chi connectivity index (χ1n) is 8.55. The number of hydrogen-bond donors (Lipinski definition) is 1. The van der Waals surface area contributed by atoms with E-state index in [0.717, 1.165) is 16.7 Å². The molecule has 3 rings (SSSR count). The number of sulfonamides is 1. The van der Waals surface area contributed by atoms with Gasteiger partial charge in [0.1, 0.15) is 6.61 Å². The van der Waals surface area contributed by atoms with Crippen LogP contribution in [0.1, 0.15) is 23.6 Å². The Morgan fingerprint density at radius 2 is 1.92 bits per heavy atom. The van der Waals surface area contributed by atoms with Crippen molar-refractivity contribution in [3.63, 3.8) is 0 Å². The van der Waals surface area contributed by atoms with Crippen molar-refractivity contribution in [2.75, 3.05) is 17.6 Å². The van der Waals surface area contributed by atoms with Crippen molar-refractivity contribution in [2.24, 2.45) is 0 Å². The third-order valence-corrected chi connectivity index (χ3v) is 6.23. The van der Waals surface area contributed by atoms with Crippen molar-refractivity contribution < 1.29 is 17.9 Å². The van der Waals surface area contributed by atoms with E-state index in [9.17, 15) is 13.2 Å². The molecule has 0 bridgehead atoms. The van der Waals surface area contributed by atoms with Gasteiger partial charge >= 0.3 is 6.09 Å². The standard InChI is InChI=1S/C19H22N2O4S/c1-2-26(23,24)21-11-10-16-8-9-18(12-17(16)13-21)20-19(22)25-14-15-6-4-3-5-7-15/h3-9,12H,2,10-11,13-14H2,1H3,(H,20,22). The average Bonchev–Trinajstić information content (AvgIpc) is 2.66. The minimum absolute atomic E-state index is 0.0894. The molecule has 26 heavy (non-hydrogen) atoms. The molecule has 0 aliphatic carbocycles. The Morgan fingerprint density at radius 1 is 1.15 bits per heavy atom. The zero-order valence-corrected chi connectivity index (χ0v) is 15.5. The van der Waals surface area contributed by atoms with Gasteiger partial charge in [0, 0.05) is 18.8 Å². The largest absolute Gasteiger partial charge is 0.444 e. The Hall–Kier alpha value is -2.38. The monoisotopic (exact) mass is 374 g/mol. The van der Waals surface area contributed by atoms with Gasteiger partial charge in [0.2, 0.25) is 10.0 Å². The number of benzene rings is 2. The lowest BCUT2D eigenvalue weighted by Gasteiger charge is -2.28. The molecule has 7 heteroatoms. The summed E-state index contributed by atoms with van der Waals surface area (Å²) < 4.78 is 30.9. The molecule has 0 saturated heterocycles. The second-order valence-electron chi connectivity index (χ2n) is 6.15. The number of amides is 1. The Labute approximate surface area is 153 Å². The summed E-state index contributed by atoms with van der Waals surface area (Å²) in [5.41, 5.74) is 3.52. The summed E-state index contributed by atoms with van der Waals surface area (Å²) in [4.78, 5) is 12.0. The predicted molar refractivity (Wildman–Crippen MR) is 100 cm³/mol. The molecule has 1 aliphatic rings. The summed E-state index contributed by atoms with van der Waals surface area (Å²) in [5.74, 6) is 0.0894. The number of hydrogen-bond acceptors (Lipinski definition) is 4. The van der Waals surface area contributed by atoms with Gasteiger partial charge in [-0.15, -0.1) is 0 Å². The number of ether oxygens (including phenoxy) is 1. The van der Waals surface area contributed by atoms with Gasteiger partial charge in [-0.25, -0.2) is 13.2 Å². The van der Waals surface area contributed by atoms with E-state index in [0.29, 0.717) is 25.2 Å². The van der Waals surface area contributed by atoms with E-state index < -0.39 is 16.1 Å². The maximum absolute atomic E-state index is 12.1. The van der Waals surface area contributed by atoms with Crippen LogP contribution >= 0.6 is 0 Å². The van der Waals surface area contributed by atoms with Gasteiger partial charge in [0.05, 0.1) is 5.75 Å². The van der Waals surface area contributed by atoms with Gasteiger partial charge in [-0.1, -0.05) is 36.4 Å². The summed E-state index contributed by atoms with van der Waals surface area (Å²) in [7, 11) is -3.22. The van der Waals surface area contributed by atoms with Crippen LogP contribution in [0.4, 0.5) is 10.5 Å². The van der Waals surface area contributed by atoms with Gasteiger partial charge in [-0.2, -0.15) is 4.31 Å². The third-order valence-electron chi connectivity index (χ3n) is 4.40. The molecule has 0 atom stereocenters. The first-order chi connectivity index (χ1) is 12.5. The Balaban J connectivity index is 1.63. The van der Waals surface area contributed by atoms with Crippen molar-refractivity contribution >= 4 is 21.8 Å². The lowest BCUT2D eigenvalue weighted by atomic mass is 10.0. The molecule has 0 radical (unpaired) electrons. The predicted octanol–water partition coefficient (Wildman–Crippen LogP) is 3.14. The number of nitrogens with one attached hydrogen (secondary N) is 1. The molecule has 2 aromatic carbocycles. The van der Waals surface area contributed by atoms with E-state index in [1.807, 2.05) is 48.5 Å². The molecule has 0 aromatic heterocycles. The van der Waals surface area contributed by atoms with Crippen molar-refractivity contribution in [1.82, 2.24) is 4.31 Å². The molecule has 0 fully saturated rings. The third kappa shape index (κ3) is 4.42. The highest BCUT2D eigenvalue weighted by atomic mass is 32.2. The summed E-state index contributed by atoms with van der Waals surface area (Å²) in [5, 5.41) is 2.70. The van der Waals surface area contributed by atoms with Gasteiger partial charge in [-0.05, 0) is 42.2 Å². The maximum atomic E-state index is 12.1. The smallest absolute Gasteiger partial charge is 0.411 e. The summed E-state index contributed by atoms with van der Waals surface area (Å²) >= 11 is 0. The number of anilines is 1. The fourth-order valence-corrected chi connectivity index (χ4v) is 3.98. The molecule has 0 spiro atoms. The molecular formula is C19H22N2O4S. The number of fused-ring (bicyclic) bond motifs is 1. The van der Waals surface area contributed by atoms with E-state index in [1.165, 1.54) is 4.31 Å². The highest BCUT2D eigenvalue weighted by molar-refractivity contribution is 7.89. The van der Waals surface area contributed by atoms with Crippen molar-refractivity contribution in [2.45, 2.75) is 26.5 Å². The minimum atomic E-state index is -3.22. The van der Waals surface area contributed by atoms with Crippen LogP contribution in [-0.4, -0.2) is 31.1 Å². The molecule has 138 valence electrons. The number of rotatable bonds is 5. The average molecular weight is 374 g/mol. The van der Waals surface area contributed by atoms with E-state index in [-0.39, 0.29) is 12.4 Å². The van der Waals surface area contributed by atoms with Crippen LogP contribution in [0.25, 0.3) is 0 Å². The first kappa shape index (κ1) is 18.4. The van der Waals surface area contributed by atoms with E-state index in [2.05, 4.69) is 5.32 Å². The van der Waals surface area contributed by atoms with E-state index >= 15 is 0 Å². The Bertz CT molecular complexity index is 882. The summed E-state index contributed by atoms with van der Waals surface area (Å²) in [6.07, 6.45) is 0.135. The molecule has 0 unspecified atom stereocenters. The van der Waals surface area contributed by atoms with Crippen molar-refractivity contribution in [3.05, 3.63) is 65.2 Å². The Morgan fingerprint density at radius 3 is 2.65 bits per heavy atom. The quantitative estimate of drug-likeness (QED) is 0.872. The number of nitrogens with zero attached hydrogens (tertiary/aromatic N) is 1. The Kier molecular flexibility index (Phi) is 5.58. The van der Waals surface area contributed by atoms with Crippen LogP contribution in [0.15, 0.2) is 48.5 Å². The molecule has 1 N–H and O–H groups in total. The lowest BCUT2D eigenvalue weighted by molar-refractivity contribution is 0.155. The minimum Gasteiger partial charge on any atom is -0.444 e. The van der Waals surface area contributed by atoms with Crippen LogP contribution in [-0.2, 0) is 34.3 Å². The van der Waals surface area contributed by atoms with Crippen LogP contribution < -0.4 is 5.32 Å². The topological polar surface area (TPSA) is 75.7 Å². The molecule has 0 saturated carbocycles. The fourth-order valence-electron chi connectivity index (χ4n) is 2.91. The zero-order valence-electron chi connectivity index (χ0n) is 14.6. The fraction of sp³-hybridized carbons (Fsp3) is 0.316. The van der Waals surface area contributed by atoms with Crippen LogP contribution in [0.2, 0.25) is 0 Å². The van der Waals surface area contributed by atoms with Gasteiger partial charge in [-0.3, -0.25) is 5.32 Å². The van der Waals surface area contributed by atoms with Crippen LogP contribution in [0.5, 0.6) is 0 Å². The lowest BCUT2D eigenvalue weighted by Crippen LogP contribution is -2.36. The summed E-state index contributed by atoms with van der Waals surface area (Å²) in [6, 6.07) is 15.0. The van der Waals surface area contributed by atoms with Gasteiger partial charge in [0.15, 0.2) is 0 Å². The second kappa shape index (κ2) is 7.88. The highest BCUT2D eigenvalue weighted by Gasteiger charge is 2.25. The van der Waals surface area contributed by atoms with Crippen molar-refractivity contribution in [1.29, 1.82) is 0 Å².